The summed E-state index contributed by atoms with van der Waals surface area (Å²) in [7, 11) is 0. The third-order valence-corrected chi connectivity index (χ3v) is 2.89. The molecule has 1 aromatic carbocycles. The molecule has 1 heterocycles. The quantitative estimate of drug-likeness (QED) is 0.794. The maximum absolute atomic E-state index is 6.11. The lowest BCUT2D eigenvalue weighted by Crippen LogP contribution is -2.51. The second-order valence-electron chi connectivity index (χ2n) is 3.20. The Hall–Kier alpha value is -0.700. The molecule has 0 aliphatic rings. The first kappa shape index (κ1) is 9.84. The lowest BCUT2D eigenvalue weighted by molar-refractivity contribution is -0.366. The Kier molecular flexibility index (Phi) is 2.68. The topological polar surface area (TPSA) is 43.4 Å². The molecule has 74 valence electrons. The van der Waals surface area contributed by atoms with Crippen LogP contribution >= 0.6 is 23.2 Å². The molecule has 4 N–H and O–H groups in total. The molecule has 0 spiro atoms. The van der Waals surface area contributed by atoms with E-state index in [1.807, 2.05) is 12.3 Å². The number of rotatable bonds is 2. The largest absolute Gasteiger partial charge is 0.360 e. The molecule has 0 aliphatic carbocycles. The number of aromatic nitrogens is 1. The van der Waals surface area contributed by atoms with Crippen LogP contribution in [0.15, 0.2) is 18.3 Å². The zero-order valence-corrected chi connectivity index (χ0v) is 9.12. The van der Waals surface area contributed by atoms with Crippen molar-refractivity contribution in [3.63, 3.8) is 0 Å². The second kappa shape index (κ2) is 3.81. The molecule has 0 atom stereocenters. The minimum atomic E-state index is 0.708. The van der Waals surface area contributed by atoms with Crippen LogP contribution in [0.1, 0.15) is 5.56 Å². The molecule has 0 fully saturated rings. The number of H-pyrrole nitrogens is 1. The Morgan fingerprint density at radius 3 is 2.64 bits per heavy atom. The SMILES string of the molecule is [NH3+]CCc1c[nH]c2c(Cl)ccc(Cl)c12. The van der Waals surface area contributed by atoms with Crippen molar-refractivity contribution in [2.24, 2.45) is 0 Å². The number of halogens is 2. The third-order valence-electron chi connectivity index (χ3n) is 2.26. The van der Waals surface area contributed by atoms with Crippen LogP contribution in [0, 0.1) is 0 Å². The fourth-order valence-electron chi connectivity index (χ4n) is 1.63. The molecule has 2 rings (SSSR count). The number of nitrogens with one attached hydrogen (secondary N) is 1. The summed E-state index contributed by atoms with van der Waals surface area (Å²) < 4.78 is 0. The van der Waals surface area contributed by atoms with E-state index in [1.165, 1.54) is 5.56 Å². The van der Waals surface area contributed by atoms with Crippen LogP contribution in [0.2, 0.25) is 10.0 Å². The molecule has 14 heavy (non-hydrogen) atoms. The summed E-state index contributed by atoms with van der Waals surface area (Å²) in [6, 6.07) is 3.63. The molecule has 0 saturated carbocycles. The molecular weight excluding hydrogens is 219 g/mol. The van der Waals surface area contributed by atoms with Crippen LogP contribution in [0.25, 0.3) is 10.9 Å². The maximum Gasteiger partial charge on any atom is 0.0781 e. The van der Waals surface area contributed by atoms with Gasteiger partial charge in [0.1, 0.15) is 0 Å². The van der Waals surface area contributed by atoms with Crippen molar-refractivity contribution in [1.82, 2.24) is 4.98 Å². The Bertz CT molecular complexity index is 462. The van der Waals surface area contributed by atoms with Crippen molar-refractivity contribution in [3.8, 4) is 0 Å². The number of quaternary nitrogens is 1. The van der Waals surface area contributed by atoms with Crippen LogP contribution in [-0.4, -0.2) is 11.5 Å². The van der Waals surface area contributed by atoms with Crippen LogP contribution in [0.5, 0.6) is 0 Å². The van der Waals surface area contributed by atoms with E-state index in [0.29, 0.717) is 5.02 Å². The van der Waals surface area contributed by atoms with Gasteiger partial charge in [-0.1, -0.05) is 23.2 Å². The van der Waals surface area contributed by atoms with E-state index in [0.717, 1.165) is 28.9 Å². The third kappa shape index (κ3) is 1.50. The van der Waals surface area contributed by atoms with E-state index in [2.05, 4.69) is 10.7 Å². The van der Waals surface area contributed by atoms with Gasteiger partial charge in [-0.2, -0.15) is 0 Å². The molecule has 4 heteroatoms. The van der Waals surface area contributed by atoms with Crippen molar-refractivity contribution in [3.05, 3.63) is 33.9 Å². The zero-order valence-electron chi connectivity index (χ0n) is 7.61. The van der Waals surface area contributed by atoms with Crippen molar-refractivity contribution in [2.45, 2.75) is 6.42 Å². The summed E-state index contributed by atoms with van der Waals surface area (Å²) in [6.45, 7) is 0.857. The lowest BCUT2D eigenvalue weighted by Gasteiger charge is -1.99. The van der Waals surface area contributed by atoms with Crippen LogP contribution in [0.3, 0.4) is 0 Å². The normalized spacial score (nSPS) is 11.1. The first-order chi connectivity index (χ1) is 6.74. The Balaban J connectivity index is 2.70. The van der Waals surface area contributed by atoms with Crippen molar-refractivity contribution >= 4 is 34.1 Å². The van der Waals surface area contributed by atoms with Crippen LogP contribution < -0.4 is 5.73 Å². The van der Waals surface area contributed by atoms with E-state index < -0.39 is 0 Å². The zero-order chi connectivity index (χ0) is 10.1. The Morgan fingerprint density at radius 1 is 1.21 bits per heavy atom. The number of benzene rings is 1. The molecule has 0 bridgehead atoms. The van der Waals surface area contributed by atoms with Crippen molar-refractivity contribution in [1.29, 1.82) is 0 Å². The smallest absolute Gasteiger partial charge is 0.0781 e. The molecule has 0 saturated heterocycles. The highest BCUT2D eigenvalue weighted by molar-refractivity contribution is 6.40. The fourth-order valence-corrected chi connectivity index (χ4v) is 2.12. The van der Waals surface area contributed by atoms with Gasteiger partial charge in [-0.05, 0) is 17.7 Å². The predicted molar refractivity (Wildman–Crippen MR) is 59.8 cm³/mol. The van der Waals surface area contributed by atoms with Crippen LogP contribution in [-0.2, 0) is 6.42 Å². The highest BCUT2D eigenvalue weighted by Gasteiger charge is 2.09. The van der Waals surface area contributed by atoms with Gasteiger partial charge >= 0.3 is 0 Å². The highest BCUT2D eigenvalue weighted by Crippen LogP contribution is 2.31. The van der Waals surface area contributed by atoms with E-state index in [1.54, 1.807) is 6.07 Å². The average Bonchev–Trinajstić information content (AvgIpc) is 2.58. The molecule has 0 amide bonds. The van der Waals surface area contributed by atoms with Gasteiger partial charge in [0.25, 0.3) is 0 Å². The summed E-state index contributed by atoms with van der Waals surface area (Å²) in [5.41, 5.74) is 5.93. The standard InChI is InChI=1S/C10H10Cl2N2/c11-7-1-2-8(12)10-9(7)6(3-4-13)5-14-10/h1-2,5,14H,3-4,13H2/p+1. The number of hydrogen-bond acceptors (Lipinski definition) is 0. The predicted octanol–water partition coefficient (Wildman–Crippen LogP) is 2.26. The Labute approximate surface area is 92.0 Å². The lowest BCUT2D eigenvalue weighted by atomic mass is 10.1. The van der Waals surface area contributed by atoms with Crippen LogP contribution in [0.4, 0.5) is 0 Å². The van der Waals surface area contributed by atoms with Crippen molar-refractivity contribution in [2.75, 3.05) is 6.54 Å². The van der Waals surface area contributed by atoms with Gasteiger partial charge in [-0.15, -0.1) is 0 Å². The van der Waals surface area contributed by atoms with E-state index in [9.17, 15) is 0 Å². The first-order valence-corrected chi connectivity index (χ1v) is 5.23. The fraction of sp³-hybridized carbons (Fsp3) is 0.200. The van der Waals surface area contributed by atoms with Crippen molar-refractivity contribution < 1.29 is 5.73 Å². The highest BCUT2D eigenvalue weighted by atomic mass is 35.5. The average molecular weight is 230 g/mol. The van der Waals surface area contributed by atoms with E-state index in [-0.39, 0.29) is 0 Å². The van der Waals surface area contributed by atoms with E-state index >= 15 is 0 Å². The maximum atomic E-state index is 6.11. The molecule has 1 aromatic heterocycles. The molecule has 0 unspecified atom stereocenters. The molecule has 2 nitrogen and oxygen atoms in total. The van der Waals surface area contributed by atoms with Gasteiger partial charge in [0.05, 0.1) is 22.1 Å². The van der Waals surface area contributed by atoms with Gasteiger partial charge in [0, 0.05) is 18.0 Å². The number of fused-ring (bicyclic) bond motifs is 1. The van der Waals surface area contributed by atoms with E-state index in [4.69, 9.17) is 23.2 Å². The monoisotopic (exact) mass is 229 g/mol. The minimum Gasteiger partial charge on any atom is -0.360 e. The summed E-state index contributed by atoms with van der Waals surface area (Å²) in [6.07, 6.45) is 2.87. The van der Waals surface area contributed by atoms with Gasteiger partial charge in [-0.25, -0.2) is 0 Å². The first-order valence-electron chi connectivity index (χ1n) is 4.47. The molecule has 0 radical (unpaired) electrons. The second-order valence-corrected chi connectivity index (χ2v) is 4.01. The number of aromatic amines is 1. The van der Waals surface area contributed by atoms with Gasteiger partial charge in [-0.3, -0.25) is 0 Å². The van der Waals surface area contributed by atoms with Gasteiger partial charge < -0.3 is 10.7 Å². The summed E-state index contributed by atoms with van der Waals surface area (Å²) in [5.74, 6) is 0. The molecule has 2 aromatic rings. The number of hydrogen-bond donors (Lipinski definition) is 2. The molecule has 0 aliphatic heterocycles. The summed E-state index contributed by atoms with van der Waals surface area (Å²) >= 11 is 12.1. The molecular formula is C10H11Cl2N2+. The van der Waals surface area contributed by atoms with Gasteiger partial charge in [0.15, 0.2) is 0 Å². The Morgan fingerprint density at radius 2 is 1.93 bits per heavy atom. The summed E-state index contributed by atoms with van der Waals surface area (Å²) in [4.78, 5) is 3.14. The van der Waals surface area contributed by atoms with Gasteiger partial charge in [0.2, 0.25) is 0 Å². The summed E-state index contributed by atoms with van der Waals surface area (Å²) in [5, 5.41) is 2.48. The minimum absolute atomic E-state index is 0.708.